The van der Waals surface area contributed by atoms with Crippen molar-refractivity contribution in [2.24, 2.45) is 0 Å². The van der Waals surface area contributed by atoms with Crippen molar-refractivity contribution in [1.82, 2.24) is 25.0 Å². The topological polar surface area (TPSA) is 107 Å². The molecular weight excluding hydrogens is 519 g/mol. The highest BCUT2D eigenvalue weighted by atomic mass is 19.1. The minimum atomic E-state index is -0.504. The first-order chi connectivity index (χ1) is 20.0. The zero-order chi connectivity index (χ0) is 28.3. The van der Waals surface area contributed by atoms with Crippen molar-refractivity contribution in [2.75, 3.05) is 25.9 Å². The molecule has 0 fully saturated rings. The maximum Gasteiger partial charge on any atom is 0.255 e. The van der Waals surface area contributed by atoms with Gasteiger partial charge in [0.1, 0.15) is 34.4 Å². The van der Waals surface area contributed by atoms with Gasteiger partial charge in [0.2, 0.25) is 0 Å². The summed E-state index contributed by atoms with van der Waals surface area (Å²) in [6.07, 6.45) is 6.79. The van der Waals surface area contributed by atoms with Gasteiger partial charge in [-0.3, -0.25) is 9.20 Å². The van der Waals surface area contributed by atoms with E-state index in [1.165, 1.54) is 30.4 Å². The molecule has 5 aromatic rings. The Morgan fingerprint density at radius 3 is 2.56 bits per heavy atom. The SMILES string of the molecule is COc1ccc(F)cc1C(=O)NCc1ccc(-c2nc(-c3ccc(C4=CCNCC4)cc3)n3ccnc(N)c23)cc1. The average Bonchev–Trinajstić information content (AvgIpc) is 3.41. The second kappa shape index (κ2) is 11.2. The van der Waals surface area contributed by atoms with E-state index in [9.17, 15) is 9.18 Å². The molecule has 1 aliphatic heterocycles. The first-order valence-electron chi connectivity index (χ1n) is 13.4. The summed E-state index contributed by atoms with van der Waals surface area (Å²) in [5, 5.41) is 6.18. The summed E-state index contributed by atoms with van der Waals surface area (Å²) in [7, 11) is 1.44. The Bertz CT molecular complexity index is 1760. The second-order valence-corrected chi connectivity index (χ2v) is 9.80. The number of imidazole rings is 1. The van der Waals surface area contributed by atoms with Gasteiger partial charge in [0.15, 0.2) is 0 Å². The van der Waals surface area contributed by atoms with Crippen LogP contribution in [0.5, 0.6) is 5.75 Å². The van der Waals surface area contributed by atoms with Gasteiger partial charge in [-0.1, -0.05) is 54.6 Å². The molecule has 9 heteroatoms. The van der Waals surface area contributed by atoms with Crippen LogP contribution in [0.2, 0.25) is 0 Å². The third-order valence-corrected chi connectivity index (χ3v) is 7.25. The van der Waals surface area contributed by atoms with Crippen molar-refractivity contribution in [3.8, 4) is 28.4 Å². The molecule has 206 valence electrons. The first-order valence-corrected chi connectivity index (χ1v) is 13.4. The molecule has 1 aliphatic rings. The van der Waals surface area contributed by atoms with E-state index in [2.05, 4.69) is 46.0 Å². The van der Waals surface area contributed by atoms with Gasteiger partial charge in [-0.05, 0) is 47.9 Å². The molecule has 0 saturated heterocycles. The Balaban J connectivity index is 1.26. The maximum atomic E-state index is 13.7. The molecule has 0 saturated carbocycles. The number of halogens is 1. The molecule has 0 radical (unpaired) electrons. The van der Waals surface area contributed by atoms with Crippen LogP contribution in [0.15, 0.2) is 85.2 Å². The fraction of sp³-hybridized carbons (Fsp3) is 0.156. The van der Waals surface area contributed by atoms with E-state index in [0.29, 0.717) is 11.6 Å². The maximum absolute atomic E-state index is 13.7. The number of ether oxygens (including phenoxy) is 1. The number of methoxy groups -OCH3 is 1. The fourth-order valence-corrected chi connectivity index (χ4v) is 5.10. The molecule has 4 N–H and O–H groups in total. The lowest BCUT2D eigenvalue weighted by molar-refractivity contribution is 0.0947. The minimum absolute atomic E-state index is 0.143. The van der Waals surface area contributed by atoms with E-state index >= 15 is 0 Å². The molecule has 3 aromatic carbocycles. The lowest BCUT2D eigenvalue weighted by atomic mass is 9.99. The van der Waals surface area contributed by atoms with E-state index in [0.717, 1.165) is 59.3 Å². The highest BCUT2D eigenvalue weighted by Gasteiger charge is 2.18. The lowest BCUT2D eigenvalue weighted by Crippen LogP contribution is -2.23. The number of anilines is 1. The number of aromatic nitrogens is 3. The molecule has 0 aliphatic carbocycles. The molecule has 8 nitrogen and oxygen atoms in total. The van der Waals surface area contributed by atoms with Crippen molar-refractivity contribution < 1.29 is 13.9 Å². The lowest BCUT2D eigenvalue weighted by Gasteiger charge is -2.14. The summed E-state index contributed by atoms with van der Waals surface area (Å²) in [5.41, 5.74) is 13.2. The number of hydrogen-bond acceptors (Lipinski definition) is 6. The van der Waals surface area contributed by atoms with Crippen molar-refractivity contribution in [3.63, 3.8) is 0 Å². The Labute approximate surface area is 236 Å². The molecule has 2 aromatic heterocycles. The zero-order valence-electron chi connectivity index (χ0n) is 22.5. The number of amides is 1. The van der Waals surface area contributed by atoms with Crippen LogP contribution in [0.4, 0.5) is 10.2 Å². The van der Waals surface area contributed by atoms with Gasteiger partial charge < -0.3 is 21.1 Å². The normalized spacial score (nSPS) is 13.2. The van der Waals surface area contributed by atoms with Crippen molar-refractivity contribution >= 4 is 22.8 Å². The van der Waals surface area contributed by atoms with E-state index in [4.69, 9.17) is 15.5 Å². The van der Waals surface area contributed by atoms with E-state index in [1.54, 1.807) is 6.20 Å². The Morgan fingerprint density at radius 2 is 1.83 bits per heavy atom. The monoisotopic (exact) mass is 548 g/mol. The smallest absolute Gasteiger partial charge is 0.255 e. The summed E-state index contributed by atoms with van der Waals surface area (Å²) < 4.78 is 20.9. The fourth-order valence-electron chi connectivity index (χ4n) is 5.10. The van der Waals surface area contributed by atoms with Crippen LogP contribution in [0, 0.1) is 5.82 Å². The minimum Gasteiger partial charge on any atom is -0.496 e. The third kappa shape index (κ3) is 5.27. The molecule has 0 spiro atoms. The molecule has 3 heterocycles. The number of nitrogens with zero attached hydrogens (tertiary/aromatic N) is 3. The van der Waals surface area contributed by atoms with Crippen LogP contribution >= 0.6 is 0 Å². The van der Waals surface area contributed by atoms with Crippen molar-refractivity contribution in [3.05, 3.63) is 108 Å². The molecule has 1 amide bonds. The summed E-state index contributed by atoms with van der Waals surface area (Å²) in [6, 6.07) is 20.0. The van der Waals surface area contributed by atoms with Crippen LogP contribution in [0.1, 0.15) is 27.9 Å². The number of nitrogen functional groups attached to an aromatic ring is 1. The Hall–Kier alpha value is -5.02. The average molecular weight is 549 g/mol. The van der Waals surface area contributed by atoms with E-state index < -0.39 is 11.7 Å². The quantitative estimate of drug-likeness (QED) is 0.261. The predicted octanol–water partition coefficient (Wildman–Crippen LogP) is 5.10. The highest BCUT2D eigenvalue weighted by Crippen LogP contribution is 2.33. The molecule has 0 bridgehead atoms. The zero-order valence-corrected chi connectivity index (χ0v) is 22.5. The Kier molecular flexibility index (Phi) is 7.18. The van der Waals surface area contributed by atoms with Gasteiger partial charge in [0, 0.05) is 36.6 Å². The molecular formula is C32H29FN6O2. The first kappa shape index (κ1) is 26.2. The molecule has 41 heavy (non-hydrogen) atoms. The largest absolute Gasteiger partial charge is 0.496 e. The summed E-state index contributed by atoms with van der Waals surface area (Å²) in [6.45, 7) is 2.14. The number of hydrogen-bond donors (Lipinski definition) is 3. The Morgan fingerprint density at radius 1 is 1.07 bits per heavy atom. The molecule has 0 atom stereocenters. The van der Waals surface area contributed by atoms with Gasteiger partial charge in [-0.2, -0.15) is 0 Å². The predicted molar refractivity (Wildman–Crippen MR) is 158 cm³/mol. The standard InChI is InChI=1S/C32H29FN6O2/c1-41-27-11-10-25(33)18-26(27)32(40)37-19-20-2-4-23(5-3-20)28-29-30(34)36-16-17-39(29)31(38-28)24-8-6-21(7-9-24)22-12-14-35-15-13-22/h2-12,16-18,35H,13-15,19H2,1H3,(H2,34,36)(H,37,40). The van der Waals surface area contributed by atoms with Crippen LogP contribution in [-0.4, -0.2) is 40.5 Å². The van der Waals surface area contributed by atoms with Crippen LogP contribution in [0.25, 0.3) is 33.7 Å². The van der Waals surface area contributed by atoms with Crippen molar-refractivity contribution in [2.45, 2.75) is 13.0 Å². The highest BCUT2D eigenvalue weighted by molar-refractivity contribution is 5.97. The second-order valence-electron chi connectivity index (χ2n) is 9.80. The number of nitrogens with one attached hydrogen (secondary N) is 2. The number of rotatable bonds is 7. The van der Waals surface area contributed by atoms with Gasteiger partial charge in [-0.15, -0.1) is 0 Å². The van der Waals surface area contributed by atoms with Crippen LogP contribution in [0.3, 0.4) is 0 Å². The molecule has 0 unspecified atom stereocenters. The summed E-state index contributed by atoms with van der Waals surface area (Å²) >= 11 is 0. The van der Waals surface area contributed by atoms with Crippen molar-refractivity contribution in [1.29, 1.82) is 0 Å². The van der Waals surface area contributed by atoms with Gasteiger partial charge in [0.05, 0.1) is 12.7 Å². The van der Waals surface area contributed by atoms with Crippen LogP contribution < -0.4 is 21.1 Å². The number of fused-ring (bicyclic) bond motifs is 1. The van der Waals surface area contributed by atoms with E-state index in [-0.39, 0.29) is 12.1 Å². The number of carbonyl (C=O) groups excluding carboxylic acids is 1. The van der Waals surface area contributed by atoms with E-state index in [1.807, 2.05) is 34.9 Å². The van der Waals surface area contributed by atoms with Gasteiger partial charge in [-0.25, -0.2) is 14.4 Å². The third-order valence-electron chi connectivity index (χ3n) is 7.25. The van der Waals surface area contributed by atoms with Crippen LogP contribution in [-0.2, 0) is 6.54 Å². The summed E-state index contributed by atoms with van der Waals surface area (Å²) in [5.74, 6) is 0.548. The number of benzene rings is 3. The van der Waals surface area contributed by atoms with Gasteiger partial charge >= 0.3 is 0 Å². The number of carbonyl (C=O) groups is 1. The molecule has 6 rings (SSSR count). The summed E-state index contributed by atoms with van der Waals surface area (Å²) in [4.78, 5) is 22.0. The number of nitrogens with two attached hydrogens (primary N) is 1. The van der Waals surface area contributed by atoms with Gasteiger partial charge in [0.25, 0.3) is 5.91 Å².